The molecule has 96 valence electrons. The van der Waals surface area contributed by atoms with Crippen LogP contribution in [0.1, 0.15) is 19.3 Å². The Morgan fingerprint density at radius 2 is 2.22 bits per heavy atom. The molecule has 1 aromatic rings. The third-order valence-electron chi connectivity index (χ3n) is 3.15. The van der Waals surface area contributed by atoms with Gasteiger partial charge >= 0.3 is 0 Å². The number of nitro benzene ring substituents is 1. The number of aldehydes is 1. The zero-order chi connectivity index (χ0) is 13.1. The predicted octanol–water partition coefficient (Wildman–Crippen LogP) is 2.81. The van der Waals surface area contributed by atoms with Crippen molar-refractivity contribution >= 4 is 29.3 Å². The maximum Gasteiger partial charge on any atom is 0.294 e. The molecule has 0 spiro atoms. The van der Waals surface area contributed by atoms with E-state index in [2.05, 4.69) is 0 Å². The van der Waals surface area contributed by atoms with Crippen LogP contribution < -0.4 is 4.90 Å². The van der Waals surface area contributed by atoms with Gasteiger partial charge in [-0.05, 0) is 31.4 Å². The molecule has 0 aromatic heterocycles. The monoisotopic (exact) mass is 268 g/mol. The van der Waals surface area contributed by atoms with Crippen molar-refractivity contribution in [3.8, 4) is 0 Å². The predicted molar refractivity (Wildman–Crippen MR) is 69.2 cm³/mol. The summed E-state index contributed by atoms with van der Waals surface area (Å²) in [5, 5.41) is 11.4. The van der Waals surface area contributed by atoms with Crippen molar-refractivity contribution in [2.45, 2.75) is 25.3 Å². The molecular formula is C12H13ClN2O3. The van der Waals surface area contributed by atoms with Crippen LogP contribution in [0.2, 0.25) is 5.02 Å². The largest absolute Gasteiger partial charge is 0.356 e. The number of halogens is 1. The number of carbonyl (C=O) groups is 1. The van der Waals surface area contributed by atoms with Crippen molar-refractivity contribution in [3.63, 3.8) is 0 Å². The van der Waals surface area contributed by atoms with E-state index in [1.807, 2.05) is 0 Å². The van der Waals surface area contributed by atoms with Crippen LogP contribution in [-0.4, -0.2) is 23.8 Å². The van der Waals surface area contributed by atoms with Gasteiger partial charge in [0.1, 0.15) is 12.0 Å². The average Bonchev–Trinajstić information content (AvgIpc) is 2.38. The highest BCUT2D eigenvalue weighted by molar-refractivity contribution is 6.30. The van der Waals surface area contributed by atoms with Gasteiger partial charge in [0, 0.05) is 17.6 Å². The molecule has 0 radical (unpaired) electrons. The van der Waals surface area contributed by atoms with Gasteiger partial charge in [0.05, 0.1) is 11.0 Å². The standard InChI is InChI=1S/C12H13ClN2O3/c13-9-4-5-11(12(7-9)15(17)18)14-6-2-1-3-10(14)8-16/h4-5,7-8,10H,1-3,6H2. The number of piperidine rings is 1. The van der Waals surface area contributed by atoms with Gasteiger partial charge in [-0.1, -0.05) is 11.6 Å². The molecule has 1 unspecified atom stereocenters. The number of hydrogen-bond acceptors (Lipinski definition) is 4. The van der Waals surface area contributed by atoms with Crippen LogP contribution >= 0.6 is 11.6 Å². The van der Waals surface area contributed by atoms with E-state index >= 15 is 0 Å². The summed E-state index contributed by atoms with van der Waals surface area (Å²) in [6, 6.07) is 4.27. The van der Waals surface area contributed by atoms with Crippen molar-refractivity contribution in [1.82, 2.24) is 0 Å². The van der Waals surface area contributed by atoms with Gasteiger partial charge in [0.25, 0.3) is 5.69 Å². The minimum absolute atomic E-state index is 0.0451. The number of hydrogen-bond donors (Lipinski definition) is 0. The second-order valence-corrected chi connectivity index (χ2v) is 4.72. The summed E-state index contributed by atoms with van der Waals surface area (Å²) in [4.78, 5) is 23.4. The van der Waals surface area contributed by atoms with Crippen LogP contribution in [0.3, 0.4) is 0 Å². The highest BCUT2D eigenvalue weighted by Gasteiger charge is 2.27. The van der Waals surface area contributed by atoms with Crippen molar-refractivity contribution in [3.05, 3.63) is 33.3 Å². The Labute approximate surface area is 109 Å². The molecule has 1 saturated heterocycles. The van der Waals surface area contributed by atoms with Crippen molar-refractivity contribution in [1.29, 1.82) is 0 Å². The summed E-state index contributed by atoms with van der Waals surface area (Å²) in [6.45, 7) is 0.659. The van der Waals surface area contributed by atoms with Crippen LogP contribution in [0, 0.1) is 10.1 Å². The molecule has 2 rings (SSSR count). The quantitative estimate of drug-likeness (QED) is 0.480. The fourth-order valence-corrected chi connectivity index (χ4v) is 2.45. The van der Waals surface area contributed by atoms with Crippen LogP contribution in [-0.2, 0) is 4.79 Å². The van der Waals surface area contributed by atoms with E-state index in [4.69, 9.17) is 11.6 Å². The van der Waals surface area contributed by atoms with E-state index in [1.165, 1.54) is 6.07 Å². The number of anilines is 1. The van der Waals surface area contributed by atoms with E-state index < -0.39 is 4.92 Å². The summed E-state index contributed by atoms with van der Waals surface area (Å²) < 4.78 is 0. The molecule has 0 amide bonds. The van der Waals surface area contributed by atoms with Gasteiger partial charge < -0.3 is 9.69 Å². The lowest BCUT2D eigenvalue weighted by atomic mass is 10.0. The van der Waals surface area contributed by atoms with Gasteiger partial charge in [-0.25, -0.2) is 0 Å². The summed E-state index contributed by atoms with van der Waals surface area (Å²) >= 11 is 5.78. The minimum Gasteiger partial charge on any atom is -0.356 e. The second-order valence-electron chi connectivity index (χ2n) is 4.28. The van der Waals surface area contributed by atoms with E-state index in [-0.39, 0.29) is 11.7 Å². The maximum atomic E-state index is 11.1. The highest BCUT2D eigenvalue weighted by Crippen LogP contribution is 2.34. The average molecular weight is 269 g/mol. The normalized spacial score (nSPS) is 19.6. The van der Waals surface area contributed by atoms with Crippen LogP contribution in [0.5, 0.6) is 0 Å². The van der Waals surface area contributed by atoms with E-state index in [0.717, 1.165) is 25.5 Å². The molecule has 1 aliphatic heterocycles. The summed E-state index contributed by atoms with van der Waals surface area (Å²) in [6.07, 6.45) is 3.51. The molecule has 1 heterocycles. The third-order valence-corrected chi connectivity index (χ3v) is 3.39. The lowest BCUT2D eigenvalue weighted by Crippen LogP contribution is -2.40. The Morgan fingerprint density at radius 3 is 2.89 bits per heavy atom. The van der Waals surface area contributed by atoms with Crippen molar-refractivity contribution < 1.29 is 9.72 Å². The van der Waals surface area contributed by atoms with E-state index in [9.17, 15) is 14.9 Å². The highest BCUT2D eigenvalue weighted by atomic mass is 35.5. The molecule has 0 saturated carbocycles. The first-order valence-corrected chi connectivity index (χ1v) is 6.17. The van der Waals surface area contributed by atoms with Gasteiger partial charge in [-0.15, -0.1) is 0 Å². The van der Waals surface area contributed by atoms with E-state index in [0.29, 0.717) is 17.3 Å². The van der Waals surface area contributed by atoms with Crippen LogP contribution in [0.15, 0.2) is 18.2 Å². The Morgan fingerprint density at radius 1 is 1.44 bits per heavy atom. The number of nitro groups is 1. The Balaban J connectivity index is 2.42. The first-order valence-electron chi connectivity index (χ1n) is 5.79. The third kappa shape index (κ3) is 2.46. The van der Waals surface area contributed by atoms with Crippen molar-refractivity contribution in [2.75, 3.05) is 11.4 Å². The summed E-state index contributed by atoms with van der Waals surface area (Å²) in [5.74, 6) is 0. The number of benzene rings is 1. The van der Waals surface area contributed by atoms with Gasteiger partial charge in [0.2, 0.25) is 0 Å². The molecule has 18 heavy (non-hydrogen) atoms. The molecule has 0 bridgehead atoms. The SMILES string of the molecule is O=CC1CCCCN1c1ccc(Cl)cc1[N+](=O)[O-]. The molecule has 0 N–H and O–H groups in total. The lowest BCUT2D eigenvalue weighted by Gasteiger charge is -2.33. The molecule has 1 aliphatic rings. The maximum absolute atomic E-state index is 11.1. The van der Waals surface area contributed by atoms with Gasteiger partial charge in [-0.2, -0.15) is 0 Å². The smallest absolute Gasteiger partial charge is 0.294 e. The first-order chi connectivity index (χ1) is 8.63. The van der Waals surface area contributed by atoms with Gasteiger partial charge in [0.15, 0.2) is 0 Å². The van der Waals surface area contributed by atoms with Crippen LogP contribution in [0.25, 0.3) is 0 Å². The Kier molecular flexibility index (Phi) is 3.81. The van der Waals surface area contributed by atoms with Crippen LogP contribution in [0.4, 0.5) is 11.4 Å². The van der Waals surface area contributed by atoms with Gasteiger partial charge in [-0.3, -0.25) is 10.1 Å². The fraction of sp³-hybridized carbons (Fsp3) is 0.417. The summed E-state index contributed by atoms with van der Waals surface area (Å²) in [7, 11) is 0. The number of rotatable bonds is 3. The first kappa shape index (κ1) is 12.8. The summed E-state index contributed by atoms with van der Waals surface area (Å²) in [5.41, 5.74) is 0.428. The van der Waals surface area contributed by atoms with Crippen molar-refractivity contribution in [2.24, 2.45) is 0 Å². The Hall–Kier alpha value is -1.62. The molecule has 1 atom stereocenters. The zero-order valence-corrected chi connectivity index (χ0v) is 10.5. The zero-order valence-electron chi connectivity index (χ0n) is 9.71. The molecule has 1 aromatic carbocycles. The lowest BCUT2D eigenvalue weighted by molar-refractivity contribution is -0.384. The molecule has 0 aliphatic carbocycles. The van der Waals surface area contributed by atoms with E-state index in [1.54, 1.807) is 17.0 Å². The Bertz CT molecular complexity index is 478. The number of nitrogens with zero attached hydrogens (tertiary/aromatic N) is 2. The molecular weight excluding hydrogens is 256 g/mol. The fourth-order valence-electron chi connectivity index (χ4n) is 2.28. The molecule has 6 heteroatoms. The molecule has 5 nitrogen and oxygen atoms in total. The number of carbonyl (C=O) groups excluding carboxylic acids is 1. The topological polar surface area (TPSA) is 63.5 Å². The second kappa shape index (κ2) is 5.35. The minimum atomic E-state index is -0.461. The molecule has 1 fully saturated rings.